The SMILES string of the molecule is CCc1[nH]c2cc(NC(=O)OC(C)(C)C)cc3c2c1C=NNC3=O. The number of ether oxygens (including phenoxy) is 1. The van der Waals surface area contributed by atoms with Crippen molar-refractivity contribution in [3.63, 3.8) is 0 Å². The van der Waals surface area contributed by atoms with E-state index in [0.29, 0.717) is 11.3 Å². The molecule has 7 heteroatoms. The quantitative estimate of drug-likeness (QED) is 0.790. The van der Waals surface area contributed by atoms with E-state index in [1.54, 1.807) is 39.1 Å². The summed E-state index contributed by atoms with van der Waals surface area (Å²) in [7, 11) is 0. The number of carbonyl (C=O) groups is 2. The molecule has 2 heterocycles. The Balaban J connectivity index is 2.06. The molecule has 1 aromatic heterocycles. The standard InChI is InChI=1S/C17H20N4O3/c1-5-12-11-8-18-21-15(22)10-6-9(7-13(20-12)14(10)11)19-16(23)24-17(2,3)4/h6-8,20H,5H2,1-4H3,(H,19,23)(H,21,22). The van der Waals surface area contributed by atoms with E-state index in [1.807, 2.05) is 6.92 Å². The summed E-state index contributed by atoms with van der Waals surface area (Å²) in [6, 6.07) is 3.42. The van der Waals surface area contributed by atoms with Crippen molar-refractivity contribution in [2.75, 3.05) is 5.32 Å². The van der Waals surface area contributed by atoms with Gasteiger partial charge in [0.15, 0.2) is 0 Å². The van der Waals surface area contributed by atoms with E-state index in [4.69, 9.17) is 4.74 Å². The van der Waals surface area contributed by atoms with Crippen LogP contribution in [-0.4, -0.2) is 28.8 Å². The van der Waals surface area contributed by atoms with E-state index >= 15 is 0 Å². The number of aromatic nitrogens is 1. The number of hydrazone groups is 1. The molecule has 2 amide bonds. The molecule has 0 saturated heterocycles. The average molecular weight is 328 g/mol. The average Bonchev–Trinajstić information content (AvgIpc) is 2.72. The smallest absolute Gasteiger partial charge is 0.412 e. The molecule has 1 aliphatic heterocycles. The highest BCUT2D eigenvalue weighted by Gasteiger charge is 2.22. The maximum absolute atomic E-state index is 12.3. The zero-order chi connectivity index (χ0) is 17.5. The van der Waals surface area contributed by atoms with Crippen LogP contribution < -0.4 is 10.7 Å². The molecule has 0 fully saturated rings. The molecular formula is C17H20N4O3. The van der Waals surface area contributed by atoms with Gasteiger partial charge in [0.1, 0.15) is 5.60 Å². The van der Waals surface area contributed by atoms with Gasteiger partial charge >= 0.3 is 6.09 Å². The lowest BCUT2D eigenvalue weighted by atomic mass is 10.0. The number of rotatable bonds is 2. The van der Waals surface area contributed by atoms with Crippen molar-refractivity contribution in [2.45, 2.75) is 39.7 Å². The minimum absolute atomic E-state index is 0.315. The Hall–Kier alpha value is -2.83. The summed E-state index contributed by atoms with van der Waals surface area (Å²) in [5.74, 6) is -0.315. The van der Waals surface area contributed by atoms with Gasteiger partial charge in [-0.1, -0.05) is 6.92 Å². The number of carbonyl (C=O) groups excluding carboxylic acids is 2. The van der Waals surface area contributed by atoms with E-state index in [2.05, 4.69) is 20.8 Å². The largest absolute Gasteiger partial charge is 0.444 e. The fraction of sp³-hybridized carbons (Fsp3) is 0.353. The number of H-pyrrole nitrogens is 1. The molecule has 24 heavy (non-hydrogen) atoms. The van der Waals surface area contributed by atoms with Crippen LogP contribution in [0.2, 0.25) is 0 Å². The molecule has 1 aliphatic rings. The number of benzene rings is 1. The van der Waals surface area contributed by atoms with Crippen LogP contribution in [-0.2, 0) is 11.2 Å². The number of aromatic amines is 1. The van der Waals surface area contributed by atoms with Crippen LogP contribution in [0.25, 0.3) is 10.9 Å². The molecule has 0 aliphatic carbocycles. The summed E-state index contributed by atoms with van der Waals surface area (Å²) in [6.45, 7) is 7.40. The Morgan fingerprint density at radius 2 is 2.08 bits per heavy atom. The molecule has 126 valence electrons. The summed E-state index contributed by atoms with van der Waals surface area (Å²) in [4.78, 5) is 27.6. The van der Waals surface area contributed by atoms with Crippen molar-refractivity contribution in [3.8, 4) is 0 Å². The first kappa shape index (κ1) is 16.0. The number of anilines is 1. The van der Waals surface area contributed by atoms with Gasteiger partial charge in [-0.15, -0.1) is 0 Å². The van der Waals surface area contributed by atoms with Crippen LogP contribution >= 0.6 is 0 Å². The minimum atomic E-state index is -0.597. The van der Waals surface area contributed by atoms with Gasteiger partial charge in [0, 0.05) is 27.8 Å². The highest BCUT2D eigenvalue weighted by molar-refractivity contribution is 6.16. The Morgan fingerprint density at radius 3 is 2.75 bits per heavy atom. The number of aryl methyl sites for hydroxylation is 1. The molecule has 3 rings (SSSR count). The van der Waals surface area contributed by atoms with E-state index in [0.717, 1.165) is 28.6 Å². The normalized spacial score (nSPS) is 13.6. The summed E-state index contributed by atoms with van der Waals surface area (Å²) in [5, 5.41) is 7.44. The Labute approximate surface area is 139 Å². The molecule has 1 aromatic carbocycles. The van der Waals surface area contributed by atoms with Crippen LogP contribution in [0.3, 0.4) is 0 Å². The van der Waals surface area contributed by atoms with E-state index < -0.39 is 11.7 Å². The molecule has 0 spiro atoms. The molecular weight excluding hydrogens is 308 g/mol. The van der Waals surface area contributed by atoms with Crippen LogP contribution in [0, 0.1) is 0 Å². The van der Waals surface area contributed by atoms with Gasteiger partial charge in [0.2, 0.25) is 0 Å². The third-order valence-electron chi connectivity index (χ3n) is 3.62. The molecule has 0 unspecified atom stereocenters. The van der Waals surface area contributed by atoms with Crippen molar-refractivity contribution in [1.82, 2.24) is 10.4 Å². The minimum Gasteiger partial charge on any atom is -0.444 e. The third kappa shape index (κ3) is 2.97. The van der Waals surface area contributed by atoms with Crippen molar-refractivity contribution < 1.29 is 14.3 Å². The molecule has 3 N–H and O–H groups in total. The fourth-order valence-corrected chi connectivity index (χ4v) is 2.72. The predicted octanol–water partition coefficient (Wildman–Crippen LogP) is 3.15. The monoisotopic (exact) mass is 328 g/mol. The lowest BCUT2D eigenvalue weighted by Gasteiger charge is -2.19. The molecule has 0 bridgehead atoms. The molecule has 7 nitrogen and oxygen atoms in total. The highest BCUT2D eigenvalue weighted by Crippen LogP contribution is 2.30. The number of nitrogens with zero attached hydrogens (tertiary/aromatic N) is 1. The summed E-state index contributed by atoms with van der Waals surface area (Å²) in [6.07, 6.45) is 1.85. The maximum atomic E-state index is 12.3. The third-order valence-corrected chi connectivity index (χ3v) is 3.62. The molecule has 0 radical (unpaired) electrons. The topological polar surface area (TPSA) is 95.6 Å². The van der Waals surface area contributed by atoms with Gasteiger partial charge in [0.05, 0.1) is 11.8 Å². The zero-order valence-electron chi connectivity index (χ0n) is 14.1. The first-order valence-electron chi connectivity index (χ1n) is 7.80. The second kappa shape index (κ2) is 5.67. The summed E-state index contributed by atoms with van der Waals surface area (Å²) in [5.41, 5.74) is 5.48. The van der Waals surface area contributed by atoms with Crippen molar-refractivity contribution in [2.24, 2.45) is 5.10 Å². The lowest BCUT2D eigenvalue weighted by Crippen LogP contribution is -2.27. The molecule has 2 aromatic rings. The van der Waals surface area contributed by atoms with E-state index in [1.165, 1.54) is 0 Å². The van der Waals surface area contributed by atoms with Gasteiger partial charge in [0.25, 0.3) is 5.91 Å². The molecule has 0 atom stereocenters. The first-order chi connectivity index (χ1) is 11.3. The lowest BCUT2D eigenvalue weighted by molar-refractivity contribution is 0.0635. The highest BCUT2D eigenvalue weighted by atomic mass is 16.6. The Morgan fingerprint density at radius 1 is 1.33 bits per heavy atom. The second-order valence-corrected chi connectivity index (χ2v) is 6.64. The molecule has 0 saturated carbocycles. The first-order valence-corrected chi connectivity index (χ1v) is 7.80. The summed E-state index contributed by atoms with van der Waals surface area (Å²) >= 11 is 0. The van der Waals surface area contributed by atoms with Crippen LogP contribution in [0.4, 0.5) is 10.5 Å². The number of nitrogens with one attached hydrogen (secondary N) is 3. The van der Waals surface area contributed by atoms with Crippen molar-refractivity contribution in [1.29, 1.82) is 0 Å². The van der Waals surface area contributed by atoms with E-state index in [-0.39, 0.29) is 5.91 Å². The number of amides is 2. The maximum Gasteiger partial charge on any atom is 0.412 e. The number of hydrogen-bond donors (Lipinski definition) is 3. The zero-order valence-corrected chi connectivity index (χ0v) is 14.1. The van der Waals surface area contributed by atoms with Crippen molar-refractivity contribution >= 4 is 34.8 Å². The predicted molar refractivity (Wildman–Crippen MR) is 92.6 cm³/mol. The van der Waals surface area contributed by atoms with Crippen molar-refractivity contribution in [3.05, 3.63) is 29.0 Å². The van der Waals surface area contributed by atoms with Gasteiger partial charge in [-0.05, 0) is 39.3 Å². The van der Waals surface area contributed by atoms with E-state index in [9.17, 15) is 9.59 Å². The van der Waals surface area contributed by atoms with Gasteiger partial charge in [-0.25, -0.2) is 10.2 Å². The van der Waals surface area contributed by atoms with Gasteiger partial charge in [-0.2, -0.15) is 5.10 Å². The van der Waals surface area contributed by atoms with Gasteiger partial charge < -0.3 is 9.72 Å². The van der Waals surface area contributed by atoms with Gasteiger partial charge in [-0.3, -0.25) is 10.1 Å². The second-order valence-electron chi connectivity index (χ2n) is 6.64. The fourth-order valence-electron chi connectivity index (χ4n) is 2.72. The number of hydrogen-bond acceptors (Lipinski definition) is 4. The van der Waals surface area contributed by atoms with Crippen LogP contribution in [0.5, 0.6) is 0 Å². The Bertz CT molecular complexity index is 859. The van der Waals surface area contributed by atoms with Crippen LogP contribution in [0.15, 0.2) is 17.2 Å². The van der Waals surface area contributed by atoms with Crippen LogP contribution in [0.1, 0.15) is 49.3 Å². The Kier molecular flexibility index (Phi) is 3.79. The summed E-state index contributed by atoms with van der Waals surface area (Å²) < 4.78 is 5.26.